The fourth-order valence-electron chi connectivity index (χ4n) is 2.11. The van der Waals surface area contributed by atoms with Crippen molar-refractivity contribution in [3.05, 3.63) is 24.3 Å². The highest BCUT2D eigenvalue weighted by Gasteiger charge is 2.31. The van der Waals surface area contributed by atoms with E-state index in [0.29, 0.717) is 18.2 Å². The number of halogens is 3. The summed E-state index contributed by atoms with van der Waals surface area (Å²) in [5, 5.41) is 3.17. The monoisotopic (exact) mass is 291 g/mol. The summed E-state index contributed by atoms with van der Waals surface area (Å²) in [6, 6.07) is 6.61. The van der Waals surface area contributed by atoms with Crippen molar-refractivity contribution >= 4 is 17.4 Å². The number of hydrogen-bond acceptors (Lipinski definition) is 3. The number of alkyl halides is 3. The topological polar surface area (TPSA) is 21.3 Å². The number of thioether (sulfide) groups is 1. The smallest absolute Gasteiger partial charge is 0.381 e. The maximum Gasteiger partial charge on any atom is 0.446 e. The Balaban J connectivity index is 2.06. The van der Waals surface area contributed by atoms with Gasteiger partial charge in [-0.3, -0.25) is 0 Å². The molecule has 1 N–H and O–H groups in total. The number of nitrogens with one attached hydrogen (secondary N) is 1. The second kappa shape index (κ2) is 6.05. The van der Waals surface area contributed by atoms with Crippen LogP contribution in [-0.4, -0.2) is 24.8 Å². The van der Waals surface area contributed by atoms with Gasteiger partial charge < -0.3 is 10.1 Å². The fourth-order valence-corrected chi connectivity index (χ4v) is 2.74. The van der Waals surface area contributed by atoms with Gasteiger partial charge in [0.05, 0.1) is 6.61 Å². The van der Waals surface area contributed by atoms with Gasteiger partial charge in [-0.1, -0.05) is 12.1 Å². The zero-order valence-corrected chi connectivity index (χ0v) is 11.4. The van der Waals surface area contributed by atoms with Gasteiger partial charge in [-0.05, 0) is 37.2 Å². The highest BCUT2D eigenvalue weighted by atomic mass is 32.2. The molecule has 2 nitrogen and oxygen atoms in total. The third kappa shape index (κ3) is 4.31. The number of rotatable bonds is 4. The zero-order chi connectivity index (χ0) is 13.9. The Hall–Kier alpha value is -0.880. The van der Waals surface area contributed by atoms with E-state index in [4.69, 9.17) is 4.74 Å². The van der Waals surface area contributed by atoms with Gasteiger partial charge in [0.2, 0.25) is 0 Å². The molecule has 1 heterocycles. The largest absolute Gasteiger partial charge is 0.446 e. The van der Waals surface area contributed by atoms with Crippen LogP contribution in [0.15, 0.2) is 29.2 Å². The van der Waals surface area contributed by atoms with Gasteiger partial charge in [0, 0.05) is 29.1 Å². The first-order valence-corrected chi connectivity index (χ1v) is 6.96. The molecule has 1 aromatic carbocycles. The predicted octanol–water partition coefficient (Wildman–Crippen LogP) is 4.14. The van der Waals surface area contributed by atoms with Crippen molar-refractivity contribution in [1.29, 1.82) is 0 Å². The van der Waals surface area contributed by atoms with Crippen LogP contribution in [0.25, 0.3) is 0 Å². The first kappa shape index (κ1) is 14.5. The summed E-state index contributed by atoms with van der Waals surface area (Å²) in [6.07, 6.45) is 0.947. The van der Waals surface area contributed by atoms with Crippen LogP contribution in [0, 0.1) is 5.92 Å². The van der Waals surface area contributed by atoms with Gasteiger partial charge in [0.25, 0.3) is 0 Å². The zero-order valence-electron chi connectivity index (χ0n) is 10.5. The lowest BCUT2D eigenvalue weighted by molar-refractivity contribution is -0.0327. The van der Waals surface area contributed by atoms with E-state index in [1.165, 1.54) is 6.07 Å². The molecule has 0 spiro atoms. The molecule has 2 rings (SSSR count). The molecule has 2 unspecified atom stereocenters. The van der Waals surface area contributed by atoms with Crippen LogP contribution in [0.4, 0.5) is 18.9 Å². The van der Waals surface area contributed by atoms with Crippen LogP contribution in [0.5, 0.6) is 0 Å². The van der Waals surface area contributed by atoms with Gasteiger partial charge in [0.15, 0.2) is 0 Å². The number of benzene rings is 1. The van der Waals surface area contributed by atoms with Crippen LogP contribution in [0.1, 0.15) is 13.3 Å². The van der Waals surface area contributed by atoms with Crippen LogP contribution in [0.3, 0.4) is 0 Å². The Morgan fingerprint density at radius 1 is 1.37 bits per heavy atom. The Labute approximate surface area is 114 Å². The molecular weight excluding hydrogens is 275 g/mol. The summed E-state index contributed by atoms with van der Waals surface area (Å²) in [5.74, 6) is 0.351. The molecule has 0 saturated carbocycles. The first-order chi connectivity index (χ1) is 8.96. The second-order valence-corrected chi connectivity index (χ2v) is 5.71. The Kier molecular flexibility index (Phi) is 4.62. The SMILES string of the molecule is CC(Nc1ccccc1SC(F)(F)F)C1CCOC1. The van der Waals surface area contributed by atoms with E-state index in [1.54, 1.807) is 18.2 Å². The molecule has 1 aromatic rings. The van der Waals surface area contributed by atoms with E-state index in [0.717, 1.165) is 13.0 Å². The molecular formula is C13H16F3NOS. The van der Waals surface area contributed by atoms with Gasteiger partial charge in [-0.25, -0.2) is 0 Å². The van der Waals surface area contributed by atoms with Gasteiger partial charge in [-0.15, -0.1) is 0 Å². The Morgan fingerprint density at radius 3 is 2.74 bits per heavy atom. The third-order valence-corrected chi connectivity index (χ3v) is 3.98. The average molecular weight is 291 g/mol. The summed E-state index contributed by atoms with van der Waals surface area (Å²) in [7, 11) is 0. The molecule has 0 bridgehead atoms. The molecule has 19 heavy (non-hydrogen) atoms. The van der Waals surface area contributed by atoms with Crippen LogP contribution in [0.2, 0.25) is 0 Å². The highest BCUT2D eigenvalue weighted by Crippen LogP contribution is 2.40. The van der Waals surface area contributed by atoms with Gasteiger partial charge in [0.1, 0.15) is 0 Å². The van der Waals surface area contributed by atoms with E-state index < -0.39 is 5.51 Å². The average Bonchev–Trinajstić information content (AvgIpc) is 2.83. The van der Waals surface area contributed by atoms with E-state index >= 15 is 0 Å². The summed E-state index contributed by atoms with van der Waals surface area (Å²) in [6.45, 7) is 3.38. The van der Waals surface area contributed by atoms with Crippen molar-refractivity contribution < 1.29 is 17.9 Å². The minimum Gasteiger partial charge on any atom is -0.381 e. The van der Waals surface area contributed by atoms with Crippen molar-refractivity contribution in [1.82, 2.24) is 0 Å². The molecule has 106 valence electrons. The van der Waals surface area contributed by atoms with E-state index in [1.807, 2.05) is 6.92 Å². The molecule has 1 saturated heterocycles. The molecule has 1 aliphatic heterocycles. The molecule has 0 amide bonds. The molecule has 1 aliphatic rings. The maximum absolute atomic E-state index is 12.5. The lowest BCUT2D eigenvalue weighted by Gasteiger charge is -2.22. The molecule has 0 aromatic heterocycles. The van der Waals surface area contributed by atoms with Crippen molar-refractivity contribution in [2.24, 2.45) is 5.92 Å². The normalized spacial score (nSPS) is 21.4. The number of para-hydroxylation sites is 1. The summed E-state index contributed by atoms with van der Waals surface area (Å²) in [5.41, 5.74) is -3.73. The molecule has 2 atom stereocenters. The predicted molar refractivity (Wildman–Crippen MR) is 70.4 cm³/mol. The summed E-state index contributed by atoms with van der Waals surface area (Å²) in [4.78, 5) is 0.209. The number of hydrogen-bond donors (Lipinski definition) is 1. The van der Waals surface area contributed by atoms with E-state index in [2.05, 4.69) is 5.32 Å². The minimum absolute atomic E-state index is 0.0819. The molecule has 0 aliphatic carbocycles. The summed E-state index contributed by atoms with van der Waals surface area (Å²) < 4.78 is 42.7. The van der Waals surface area contributed by atoms with Crippen LogP contribution >= 0.6 is 11.8 Å². The summed E-state index contributed by atoms with van der Waals surface area (Å²) >= 11 is -0.0819. The molecule has 6 heteroatoms. The highest BCUT2D eigenvalue weighted by molar-refractivity contribution is 8.00. The maximum atomic E-state index is 12.5. The van der Waals surface area contributed by atoms with Crippen molar-refractivity contribution in [3.8, 4) is 0 Å². The molecule has 1 fully saturated rings. The number of ether oxygens (including phenoxy) is 1. The van der Waals surface area contributed by atoms with Crippen molar-refractivity contribution in [3.63, 3.8) is 0 Å². The Morgan fingerprint density at radius 2 is 2.11 bits per heavy atom. The lowest BCUT2D eigenvalue weighted by atomic mass is 10.0. The second-order valence-electron chi connectivity index (χ2n) is 4.60. The quantitative estimate of drug-likeness (QED) is 0.843. The standard InChI is InChI=1S/C13H16F3NOS/c1-9(10-6-7-18-8-10)17-11-4-2-3-5-12(11)19-13(14,15)16/h2-5,9-10,17H,6-8H2,1H3. The third-order valence-electron chi connectivity index (χ3n) is 3.17. The minimum atomic E-state index is -4.27. The van der Waals surface area contributed by atoms with E-state index in [-0.39, 0.29) is 22.7 Å². The first-order valence-electron chi connectivity index (χ1n) is 6.15. The van der Waals surface area contributed by atoms with Crippen LogP contribution < -0.4 is 5.32 Å². The lowest BCUT2D eigenvalue weighted by Crippen LogP contribution is -2.26. The van der Waals surface area contributed by atoms with Crippen molar-refractivity contribution in [2.45, 2.75) is 29.8 Å². The Bertz CT molecular complexity index is 419. The van der Waals surface area contributed by atoms with Gasteiger partial charge >= 0.3 is 5.51 Å². The molecule has 0 radical (unpaired) electrons. The van der Waals surface area contributed by atoms with Crippen molar-refractivity contribution in [2.75, 3.05) is 18.5 Å². The van der Waals surface area contributed by atoms with E-state index in [9.17, 15) is 13.2 Å². The van der Waals surface area contributed by atoms with Crippen LogP contribution in [-0.2, 0) is 4.74 Å². The van der Waals surface area contributed by atoms with Gasteiger partial charge in [-0.2, -0.15) is 13.2 Å². The fraction of sp³-hybridized carbons (Fsp3) is 0.538. The number of anilines is 1.